The van der Waals surface area contributed by atoms with E-state index in [1.54, 1.807) is 0 Å². The highest BCUT2D eigenvalue weighted by molar-refractivity contribution is 6.30. The summed E-state index contributed by atoms with van der Waals surface area (Å²) in [5.74, 6) is 0.880. The number of hydrogen-bond donors (Lipinski definition) is 0. The second kappa shape index (κ2) is 6.55. The van der Waals surface area contributed by atoms with Crippen molar-refractivity contribution in [2.75, 3.05) is 4.42 Å². The largest absolute Gasteiger partial charge is 0.480 e. The first-order valence-corrected chi connectivity index (χ1v) is 10.4. The van der Waals surface area contributed by atoms with Crippen molar-refractivity contribution in [1.82, 2.24) is 0 Å². The third-order valence-corrected chi connectivity index (χ3v) is 6.59. The van der Waals surface area contributed by atoms with Gasteiger partial charge in [0.25, 0.3) is 0 Å². The van der Waals surface area contributed by atoms with Gasteiger partial charge in [-0.3, -0.25) is 4.42 Å². The van der Waals surface area contributed by atoms with Crippen LogP contribution in [-0.2, 0) is 0 Å². The molecule has 1 unspecified atom stereocenters. The van der Waals surface area contributed by atoms with Crippen molar-refractivity contribution in [3.63, 3.8) is 0 Å². The lowest BCUT2D eigenvalue weighted by Gasteiger charge is -2.41. The normalized spacial score (nSPS) is 18.9. The van der Waals surface area contributed by atoms with Crippen LogP contribution in [0, 0.1) is 0 Å². The van der Waals surface area contributed by atoms with Crippen molar-refractivity contribution in [2.24, 2.45) is 0 Å². The van der Waals surface area contributed by atoms with Gasteiger partial charge in [0, 0.05) is 33.5 Å². The Morgan fingerprint density at radius 2 is 1.76 bits per heavy atom. The maximum absolute atomic E-state index is 6.79. The molecule has 146 valence electrons. The van der Waals surface area contributed by atoms with Gasteiger partial charge in [0.1, 0.15) is 5.75 Å². The van der Waals surface area contributed by atoms with Crippen LogP contribution in [0.1, 0.15) is 43.6 Å². The van der Waals surface area contributed by atoms with E-state index in [9.17, 15) is 0 Å². The molecule has 3 aromatic rings. The molecule has 4 heteroatoms. The molecule has 0 aromatic heterocycles. The number of allylic oxidation sites excluding steroid dienone is 1. The number of ether oxygens (including phenoxy) is 1. The molecule has 0 bridgehead atoms. The Labute approximate surface area is 181 Å². The van der Waals surface area contributed by atoms with Gasteiger partial charge in [-0.1, -0.05) is 54.1 Å². The minimum atomic E-state index is -0.272. The van der Waals surface area contributed by atoms with E-state index in [0.717, 1.165) is 33.7 Å². The molecule has 0 saturated heterocycles. The number of benzene rings is 3. The van der Waals surface area contributed by atoms with Gasteiger partial charge in [-0.15, -0.1) is 0 Å². The standard InChI is InChI=1S/C25H21Cl2NO/c1-15-14-25(2,3)28(27)20-12-11-19-18-9-4-5-10-21(18)29-24(23(19)22(15)20)16-7-6-8-17(26)13-16/h4-14,24H,1-3H3. The number of para-hydroxylation sites is 1. The number of hydrogen-bond acceptors (Lipinski definition) is 2. The van der Waals surface area contributed by atoms with Crippen LogP contribution in [0.2, 0.25) is 5.02 Å². The minimum Gasteiger partial charge on any atom is -0.480 e. The molecule has 2 aliphatic rings. The van der Waals surface area contributed by atoms with Crippen LogP contribution in [0.5, 0.6) is 5.75 Å². The molecule has 3 aromatic carbocycles. The van der Waals surface area contributed by atoms with Crippen LogP contribution in [0.3, 0.4) is 0 Å². The van der Waals surface area contributed by atoms with Gasteiger partial charge >= 0.3 is 0 Å². The van der Waals surface area contributed by atoms with Gasteiger partial charge in [-0.25, -0.2) is 0 Å². The Balaban J connectivity index is 1.84. The number of halogens is 2. The zero-order valence-electron chi connectivity index (χ0n) is 16.5. The van der Waals surface area contributed by atoms with Gasteiger partial charge < -0.3 is 4.74 Å². The second-order valence-electron chi connectivity index (χ2n) is 8.23. The van der Waals surface area contributed by atoms with E-state index < -0.39 is 0 Å². The van der Waals surface area contributed by atoms with Crippen LogP contribution in [0.25, 0.3) is 16.7 Å². The van der Waals surface area contributed by atoms with E-state index in [4.69, 9.17) is 28.1 Å². The quantitative estimate of drug-likeness (QED) is 0.374. The highest BCUT2D eigenvalue weighted by Gasteiger charge is 2.37. The van der Waals surface area contributed by atoms with Gasteiger partial charge in [-0.05, 0) is 61.7 Å². The molecule has 29 heavy (non-hydrogen) atoms. The van der Waals surface area contributed by atoms with Crippen molar-refractivity contribution < 1.29 is 4.74 Å². The zero-order valence-corrected chi connectivity index (χ0v) is 18.1. The third kappa shape index (κ3) is 2.86. The maximum Gasteiger partial charge on any atom is 0.150 e. The molecule has 0 aliphatic carbocycles. The van der Waals surface area contributed by atoms with Crippen molar-refractivity contribution in [1.29, 1.82) is 0 Å². The summed E-state index contributed by atoms with van der Waals surface area (Å²) in [4.78, 5) is 0. The molecule has 1 atom stereocenters. The maximum atomic E-state index is 6.79. The lowest BCUT2D eigenvalue weighted by Crippen LogP contribution is -2.38. The van der Waals surface area contributed by atoms with Gasteiger partial charge in [0.05, 0.1) is 11.2 Å². The number of fused-ring (bicyclic) bond motifs is 5. The van der Waals surface area contributed by atoms with E-state index in [2.05, 4.69) is 51.1 Å². The predicted octanol–water partition coefficient (Wildman–Crippen LogP) is 7.64. The molecule has 0 saturated carbocycles. The van der Waals surface area contributed by atoms with Crippen LogP contribution >= 0.6 is 23.4 Å². The average Bonchev–Trinajstić information content (AvgIpc) is 2.70. The second-order valence-corrected chi connectivity index (χ2v) is 9.01. The molecule has 0 fully saturated rings. The monoisotopic (exact) mass is 421 g/mol. The van der Waals surface area contributed by atoms with Crippen LogP contribution in [0.4, 0.5) is 5.69 Å². The summed E-state index contributed by atoms with van der Waals surface area (Å²) in [6, 6.07) is 20.4. The van der Waals surface area contributed by atoms with Crippen molar-refractivity contribution in [3.8, 4) is 16.9 Å². The van der Waals surface area contributed by atoms with Gasteiger partial charge in [-0.2, -0.15) is 0 Å². The first-order chi connectivity index (χ1) is 13.9. The van der Waals surface area contributed by atoms with Crippen molar-refractivity contribution in [2.45, 2.75) is 32.4 Å². The van der Waals surface area contributed by atoms with Gasteiger partial charge in [0.15, 0.2) is 6.10 Å². The molecule has 2 heterocycles. The molecule has 2 aliphatic heterocycles. The highest BCUT2D eigenvalue weighted by atomic mass is 35.5. The Bertz CT molecular complexity index is 1170. The van der Waals surface area contributed by atoms with Crippen LogP contribution in [0.15, 0.2) is 66.7 Å². The fraction of sp³-hybridized carbons (Fsp3) is 0.200. The molecule has 0 N–H and O–H groups in total. The highest BCUT2D eigenvalue weighted by Crippen LogP contribution is 2.52. The summed E-state index contributed by atoms with van der Waals surface area (Å²) >= 11 is 13.1. The van der Waals surface area contributed by atoms with Crippen LogP contribution in [-0.4, -0.2) is 5.54 Å². The smallest absolute Gasteiger partial charge is 0.150 e. The molecule has 0 spiro atoms. The van der Waals surface area contributed by atoms with Crippen molar-refractivity contribution >= 4 is 34.6 Å². The molecule has 0 radical (unpaired) electrons. The summed E-state index contributed by atoms with van der Waals surface area (Å²) < 4.78 is 8.38. The van der Waals surface area contributed by atoms with Crippen molar-refractivity contribution in [3.05, 3.63) is 88.5 Å². The third-order valence-electron chi connectivity index (χ3n) is 5.74. The predicted molar refractivity (Wildman–Crippen MR) is 122 cm³/mol. The van der Waals surface area contributed by atoms with E-state index in [0.29, 0.717) is 5.02 Å². The Morgan fingerprint density at radius 1 is 0.966 bits per heavy atom. The summed E-state index contributed by atoms with van der Waals surface area (Å²) in [6.07, 6.45) is 1.96. The van der Waals surface area contributed by atoms with Gasteiger partial charge in [0.2, 0.25) is 0 Å². The Kier molecular flexibility index (Phi) is 4.20. The molecular formula is C25H21Cl2NO. The first-order valence-electron chi connectivity index (χ1n) is 9.71. The lowest BCUT2D eigenvalue weighted by atomic mass is 9.80. The SMILES string of the molecule is CC1=CC(C)(C)N(Cl)c2ccc3c(c21)C(c1cccc(Cl)c1)Oc1ccccc1-3. The van der Waals surface area contributed by atoms with E-state index >= 15 is 0 Å². The number of rotatable bonds is 1. The Morgan fingerprint density at radius 3 is 2.55 bits per heavy atom. The fourth-order valence-corrected chi connectivity index (χ4v) is 4.93. The number of nitrogens with zero attached hydrogens (tertiary/aromatic N) is 1. The molecule has 2 nitrogen and oxygen atoms in total. The zero-order chi connectivity index (χ0) is 20.3. The summed E-state index contributed by atoms with van der Waals surface area (Å²) in [5, 5.41) is 0.698. The minimum absolute atomic E-state index is 0.261. The average molecular weight is 422 g/mol. The summed E-state index contributed by atoms with van der Waals surface area (Å²) in [5.41, 5.74) is 7.51. The molecule has 0 amide bonds. The van der Waals surface area contributed by atoms with E-state index in [1.165, 1.54) is 11.1 Å². The van der Waals surface area contributed by atoms with E-state index in [1.807, 2.05) is 40.8 Å². The lowest BCUT2D eigenvalue weighted by molar-refractivity contribution is 0.243. The number of anilines is 1. The van der Waals surface area contributed by atoms with E-state index in [-0.39, 0.29) is 11.6 Å². The van der Waals surface area contributed by atoms with Crippen LogP contribution < -0.4 is 9.16 Å². The topological polar surface area (TPSA) is 12.5 Å². The Hall–Kier alpha value is -2.42. The molecule has 5 rings (SSSR count). The summed E-state index contributed by atoms with van der Waals surface area (Å²) in [6.45, 7) is 6.39. The fourth-order valence-electron chi connectivity index (χ4n) is 4.54. The summed E-state index contributed by atoms with van der Waals surface area (Å²) in [7, 11) is 0. The first kappa shape index (κ1) is 18.6. The molecular weight excluding hydrogens is 401 g/mol.